The van der Waals surface area contributed by atoms with E-state index in [1.807, 2.05) is 18.3 Å². The van der Waals surface area contributed by atoms with Crippen molar-refractivity contribution < 1.29 is 0 Å². The fraction of sp³-hybridized carbons (Fsp3) is 0.615. The summed E-state index contributed by atoms with van der Waals surface area (Å²) in [6, 6.07) is 4.42. The standard InChI is InChI=1S/C13H20BrN3/c1-2-10-5-7-17(11(8-10)9-15)13-12(14)4-3-6-16-13/h3-4,6,10-11H,2,5,7-9,15H2,1H3. The van der Waals surface area contributed by atoms with E-state index >= 15 is 0 Å². The van der Waals surface area contributed by atoms with Gasteiger partial charge in [0.1, 0.15) is 5.82 Å². The van der Waals surface area contributed by atoms with Gasteiger partial charge in [0.25, 0.3) is 0 Å². The molecule has 3 nitrogen and oxygen atoms in total. The van der Waals surface area contributed by atoms with Gasteiger partial charge in [-0.15, -0.1) is 0 Å². The molecule has 1 aromatic rings. The minimum Gasteiger partial charge on any atom is -0.351 e. The quantitative estimate of drug-likeness (QED) is 0.933. The fourth-order valence-electron chi connectivity index (χ4n) is 2.60. The molecule has 0 saturated carbocycles. The van der Waals surface area contributed by atoms with Crippen LogP contribution < -0.4 is 10.6 Å². The monoisotopic (exact) mass is 297 g/mol. The summed E-state index contributed by atoms with van der Waals surface area (Å²) >= 11 is 3.58. The van der Waals surface area contributed by atoms with Gasteiger partial charge in [0, 0.05) is 25.3 Å². The minimum atomic E-state index is 0.430. The van der Waals surface area contributed by atoms with E-state index in [0.29, 0.717) is 12.6 Å². The van der Waals surface area contributed by atoms with Crippen LogP contribution in [0.1, 0.15) is 26.2 Å². The number of nitrogens with two attached hydrogens (primary N) is 1. The SMILES string of the molecule is CCC1CCN(c2ncccc2Br)C(CN)C1. The number of anilines is 1. The summed E-state index contributed by atoms with van der Waals surface area (Å²) in [6.45, 7) is 4.04. The van der Waals surface area contributed by atoms with Crippen LogP contribution >= 0.6 is 15.9 Å². The number of pyridine rings is 1. The summed E-state index contributed by atoms with van der Waals surface area (Å²) in [5.74, 6) is 1.86. The molecule has 2 atom stereocenters. The topological polar surface area (TPSA) is 42.2 Å². The second-order valence-corrected chi connectivity index (χ2v) is 5.54. The molecule has 0 aromatic carbocycles. The lowest BCUT2D eigenvalue weighted by Gasteiger charge is -2.40. The second-order valence-electron chi connectivity index (χ2n) is 4.69. The smallest absolute Gasteiger partial charge is 0.143 e. The van der Waals surface area contributed by atoms with Crippen molar-refractivity contribution in [2.75, 3.05) is 18.0 Å². The molecule has 1 aliphatic rings. The maximum Gasteiger partial charge on any atom is 0.143 e. The molecular weight excluding hydrogens is 278 g/mol. The third-order valence-electron chi connectivity index (χ3n) is 3.68. The van der Waals surface area contributed by atoms with Crippen molar-refractivity contribution in [1.29, 1.82) is 0 Å². The Kier molecular flexibility index (Phi) is 4.40. The first-order chi connectivity index (χ1) is 8.26. The molecule has 94 valence electrons. The highest BCUT2D eigenvalue weighted by molar-refractivity contribution is 9.10. The lowest BCUT2D eigenvalue weighted by molar-refractivity contribution is 0.334. The summed E-state index contributed by atoms with van der Waals surface area (Å²) in [5, 5.41) is 0. The predicted octanol–water partition coefficient (Wildman–Crippen LogP) is 2.80. The number of rotatable bonds is 3. The summed E-state index contributed by atoms with van der Waals surface area (Å²) < 4.78 is 1.06. The molecule has 2 heterocycles. The molecule has 0 aliphatic carbocycles. The molecule has 2 unspecified atom stereocenters. The van der Waals surface area contributed by atoms with Crippen LogP contribution in [0.4, 0.5) is 5.82 Å². The molecule has 2 rings (SSSR count). The van der Waals surface area contributed by atoms with Gasteiger partial charge in [-0.3, -0.25) is 0 Å². The molecule has 1 aromatic heterocycles. The number of halogens is 1. The number of aromatic nitrogens is 1. The molecule has 2 N–H and O–H groups in total. The third kappa shape index (κ3) is 2.80. The maximum absolute atomic E-state index is 5.91. The van der Waals surface area contributed by atoms with E-state index in [-0.39, 0.29) is 0 Å². The van der Waals surface area contributed by atoms with Gasteiger partial charge in [-0.1, -0.05) is 13.3 Å². The van der Waals surface area contributed by atoms with E-state index in [2.05, 4.69) is 32.7 Å². The Morgan fingerprint density at radius 2 is 2.41 bits per heavy atom. The van der Waals surface area contributed by atoms with Gasteiger partial charge in [-0.2, -0.15) is 0 Å². The zero-order valence-electron chi connectivity index (χ0n) is 10.3. The molecule has 1 saturated heterocycles. The number of nitrogens with zero attached hydrogens (tertiary/aromatic N) is 2. The van der Waals surface area contributed by atoms with Crippen molar-refractivity contribution in [3.05, 3.63) is 22.8 Å². The van der Waals surface area contributed by atoms with E-state index in [9.17, 15) is 0 Å². The molecule has 17 heavy (non-hydrogen) atoms. The summed E-state index contributed by atoms with van der Waals surface area (Å²) in [6.07, 6.45) is 5.54. The molecule has 4 heteroatoms. The van der Waals surface area contributed by atoms with E-state index < -0.39 is 0 Å². The van der Waals surface area contributed by atoms with Crippen molar-refractivity contribution in [2.24, 2.45) is 11.7 Å². The number of piperidine rings is 1. The van der Waals surface area contributed by atoms with Crippen LogP contribution in [0.5, 0.6) is 0 Å². The lowest BCUT2D eigenvalue weighted by Crippen LogP contribution is -2.47. The second kappa shape index (κ2) is 5.83. The van der Waals surface area contributed by atoms with E-state index in [1.165, 1.54) is 19.3 Å². The van der Waals surface area contributed by atoms with Crippen LogP contribution in [0.3, 0.4) is 0 Å². The van der Waals surface area contributed by atoms with Crippen LogP contribution in [-0.2, 0) is 0 Å². The molecule has 0 spiro atoms. The Balaban J connectivity index is 2.18. The number of hydrogen-bond donors (Lipinski definition) is 1. The highest BCUT2D eigenvalue weighted by Crippen LogP contribution is 2.31. The Morgan fingerprint density at radius 1 is 1.59 bits per heavy atom. The minimum absolute atomic E-state index is 0.430. The van der Waals surface area contributed by atoms with Crippen molar-refractivity contribution in [1.82, 2.24) is 4.98 Å². The average molecular weight is 298 g/mol. The molecule has 0 bridgehead atoms. The van der Waals surface area contributed by atoms with Crippen molar-refractivity contribution >= 4 is 21.7 Å². The van der Waals surface area contributed by atoms with Crippen molar-refractivity contribution in [2.45, 2.75) is 32.2 Å². The maximum atomic E-state index is 5.91. The van der Waals surface area contributed by atoms with E-state index in [1.54, 1.807) is 0 Å². The Hall–Kier alpha value is -0.610. The lowest BCUT2D eigenvalue weighted by atomic mass is 9.89. The Morgan fingerprint density at radius 3 is 3.06 bits per heavy atom. The Labute approximate surface area is 112 Å². The van der Waals surface area contributed by atoms with Crippen LogP contribution in [-0.4, -0.2) is 24.1 Å². The molecule has 0 radical (unpaired) electrons. The molecular formula is C13H20BrN3. The summed E-state index contributed by atoms with van der Waals surface area (Å²) in [4.78, 5) is 6.83. The largest absolute Gasteiger partial charge is 0.351 e. The predicted molar refractivity (Wildman–Crippen MR) is 75.1 cm³/mol. The van der Waals surface area contributed by atoms with Gasteiger partial charge >= 0.3 is 0 Å². The van der Waals surface area contributed by atoms with Crippen LogP contribution in [0.15, 0.2) is 22.8 Å². The van der Waals surface area contributed by atoms with Gasteiger partial charge in [0.2, 0.25) is 0 Å². The zero-order valence-corrected chi connectivity index (χ0v) is 11.9. The highest BCUT2D eigenvalue weighted by Gasteiger charge is 2.28. The van der Waals surface area contributed by atoms with Gasteiger partial charge in [-0.25, -0.2) is 4.98 Å². The van der Waals surface area contributed by atoms with Crippen LogP contribution in [0.25, 0.3) is 0 Å². The van der Waals surface area contributed by atoms with Gasteiger partial charge in [0.05, 0.1) is 4.47 Å². The van der Waals surface area contributed by atoms with Crippen molar-refractivity contribution in [3.63, 3.8) is 0 Å². The first kappa shape index (κ1) is 12.8. The molecule has 1 aliphatic heterocycles. The zero-order chi connectivity index (χ0) is 12.3. The van der Waals surface area contributed by atoms with Gasteiger partial charge in [0.15, 0.2) is 0 Å². The summed E-state index contributed by atoms with van der Waals surface area (Å²) in [5.41, 5.74) is 5.91. The van der Waals surface area contributed by atoms with Gasteiger partial charge < -0.3 is 10.6 Å². The fourth-order valence-corrected chi connectivity index (χ4v) is 3.08. The first-order valence-electron chi connectivity index (χ1n) is 6.33. The normalized spacial score (nSPS) is 25.0. The van der Waals surface area contributed by atoms with Crippen LogP contribution in [0.2, 0.25) is 0 Å². The summed E-state index contributed by atoms with van der Waals surface area (Å²) in [7, 11) is 0. The Bertz CT molecular complexity index is 369. The molecule has 1 fully saturated rings. The van der Waals surface area contributed by atoms with Crippen LogP contribution in [0, 0.1) is 5.92 Å². The molecule has 0 amide bonds. The van der Waals surface area contributed by atoms with Gasteiger partial charge in [-0.05, 0) is 46.8 Å². The highest BCUT2D eigenvalue weighted by atomic mass is 79.9. The van der Waals surface area contributed by atoms with E-state index in [0.717, 1.165) is 22.8 Å². The number of hydrogen-bond acceptors (Lipinski definition) is 3. The van der Waals surface area contributed by atoms with E-state index in [4.69, 9.17) is 5.73 Å². The third-order valence-corrected chi connectivity index (χ3v) is 4.30. The van der Waals surface area contributed by atoms with Crippen molar-refractivity contribution in [3.8, 4) is 0 Å². The average Bonchev–Trinajstić information content (AvgIpc) is 2.38. The first-order valence-corrected chi connectivity index (χ1v) is 7.12.